The molecule has 0 radical (unpaired) electrons. The summed E-state index contributed by atoms with van der Waals surface area (Å²) in [6.07, 6.45) is 0.884. The number of rotatable bonds is 5. The first-order chi connectivity index (χ1) is 10.5. The largest absolute Gasteiger partial charge is 0.490 e. The van der Waals surface area contributed by atoms with Crippen molar-refractivity contribution in [2.75, 3.05) is 27.3 Å². The average Bonchev–Trinajstić information content (AvgIpc) is 2.72. The lowest BCUT2D eigenvalue weighted by atomic mass is 10.0. The lowest BCUT2D eigenvalue weighted by Gasteiger charge is -2.25. The van der Waals surface area contributed by atoms with Crippen molar-refractivity contribution >= 4 is 5.91 Å². The summed E-state index contributed by atoms with van der Waals surface area (Å²) < 4.78 is 11.5. The van der Waals surface area contributed by atoms with Gasteiger partial charge in [-0.1, -0.05) is 26.0 Å². The van der Waals surface area contributed by atoms with Gasteiger partial charge in [0.1, 0.15) is 0 Å². The summed E-state index contributed by atoms with van der Waals surface area (Å²) in [5, 5.41) is 3.36. The Bertz CT molecular complexity index is 515. The molecule has 0 aliphatic carbocycles. The zero-order valence-corrected chi connectivity index (χ0v) is 13.9. The maximum atomic E-state index is 12.3. The van der Waals surface area contributed by atoms with E-state index in [1.54, 1.807) is 19.0 Å². The van der Waals surface area contributed by atoms with Crippen molar-refractivity contribution in [1.29, 1.82) is 0 Å². The van der Waals surface area contributed by atoms with E-state index in [0.29, 0.717) is 19.8 Å². The van der Waals surface area contributed by atoms with Crippen molar-refractivity contribution in [3.8, 4) is 11.5 Å². The van der Waals surface area contributed by atoms with E-state index in [-0.39, 0.29) is 17.9 Å². The van der Waals surface area contributed by atoms with Crippen LogP contribution in [-0.2, 0) is 11.3 Å². The van der Waals surface area contributed by atoms with Crippen molar-refractivity contribution in [3.05, 3.63) is 23.8 Å². The molecular weight excluding hydrogens is 280 g/mol. The van der Waals surface area contributed by atoms with Crippen LogP contribution in [0.1, 0.15) is 25.8 Å². The lowest BCUT2D eigenvalue weighted by molar-refractivity contribution is -0.132. The van der Waals surface area contributed by atoms with Gasteiger partial charge in [-0.15, -0.1) is 0 Å². The highest BCUT2D eigenvalue weighted by Crippen LogP contribution is 2.33. The van der Waals surface area contributed by atoms with Gasteiger partial charge in [0.2, 0.25) is 5.91 Å². The molecule has 5 heteroatoms. The summed E-state index contributed by atoms with van der Waals surface area (Å²) in [6.45, 7) is 6.01. The van der Waals surface area contributed by atoms with Crippen LogP contribution in [0.15, 0.2) is 18.2 Å². The van der Waals surface area contributed by atoms with Crippen LogP contribution in [0.5, 0.6) is 11.5 Å². The number of carbonyl (C=O) groups excluding carboxylic acids is 1. The first-order valence-electron chi connectivity index (χ1n) is 7.82. The molecular formula is C17H26N2O3. The third kappa shape index (κ3) is 3.91. The zero-order chi connectivity index (χ0) is 16.1. The number of likely N-dealkylation sites (N-methyl/N-ethyl adjacent to an activating group) is 1. The SMILES string of the molecule is CC(C)[C@H](NCc1cccc2c1OCCCO2)C(=O)N(C)C. The number of nitrogens with zero attached hydrogens (tertiary/aromatic N) is 1. The number of benzene rings is 1. The molecule has 1 aromatic carbocycles. The Kier molecular flexibility index (Phi) is 5.66. The fraction of sp³-hybridized carbons (Fsp3) is 0.588. The Morgan fingerprint density at radius 1 is 1.27 bits per heavy atom. The summed E-state index contributed by atoms with van der Waals surface area (Å²) >= 11 is 0. The predicted octanol–water partition coefficient (Wildman–Crippen LogP) is 2.05. The van der Waals surface area contributed by atoms with Gasteiger partial charge in [0, 0.05) is 32.6 Å². The number of hydrogen-bond acceptors (Lipinski definition) is 4. The smallest absolute Gasteiger partial charge is 0.239 e. The van der Waals surface area contributed by atoms with Crippen molar-refractivity contribution in [2.24, 2.45) is 5.92 Å². The molecule has 1 aliphatic rings. The molecule has 0 fully saturated rings. The second-order valence-electron chi connectivity index (χ2n) is 6.13. The summed E-state index contributed by atoms with van der Waals surface area (Å²) in [7, 11) is 3.57. The average molecular weight is 306 g/mol. The quantitative estimate of drug-likeness (QED) is 0.904. The van der Waals surface area contributed by atoms with Crippen molar-refractivity contribution < 1.29 is 14.3 Å². The monoisotopic (exact) mass is 306 g/mol. The molecule has 1 N–H and O–H groups in total. The third-order valence-corrected chi connectivity index (χ3v) is 3.74. The molecule has 0 unspecified atom stereocenters. The molecule has 0 saturated carbocycles. The second-order valence-corrected chi connectivity index (χ2v) is 6.13. The number of fused-ring (bicyclic) bond motifs is 1. The summed E-state index contributed by atoms with van der Waals surface area (Å²) in [4.78, 5) is 13.9. The second kappa shape index (κ2) is 7.49. The molecule has 0 aromatic heterocycles. The van der Waals surface area contributed by atoms with Gasteiger partial charge in [-0.2, -0.15) is 0 Å². The van der Waals surface area contributed by atoms with E-state index >= 15 is 0 Å². The predicted molar refractivity (Wildman–Crippen MR) is 86.2 cm³/mol. The number of para-hydroxylation sites is 1. The Balaban J connectivity index is 2.12. The van der Waals surface area contributed by atoms with Crippen LogP contribution >= 0.6 is 0 Å². The minimum absolute atomic E-state index is 0.0918. The van der Waals surface area contributed by atoms with Gasteiger partial charge < -0.3 is 19.7 Å². The molecule has 122 valence electrons. The fourth-order valence-corrected chi connectivity index (χ4v) is 2.50. The Hall–Kier alpha value is -1.75. The molecule has 1 amide bonds. The third-order valence-electron chi connectivity index (χ3n) is 3.74. The summed E-state index contributed by atoms with van der Waals surface area (Å²) in [6, 6.07) is 5.69. The highest BCUT2D eigenvalue weighted by Gasteiger charge is 2.24. The highest BCUT2D eigenvalue weighted by atomic mass is 16.5. The Morgan fingerprint density at radius 2 is 2.00 bits per heavy atom. The molecule has 1 heterocycles. The van der Waals surface area contributed by atoms with Crippen LogP contribution in [0.25, 0.3) is 0 Å². The van der Waals surface area contributed by atoms with E-state index in [0.717, 1.165) is 23.5 Å². The molecule has 0 saturated heterocycles. The summed E-state index contributed by atoms with van der Waals surface area (Å²) in [5.74, 6) is 1.90. The molecule has 22 heavy (non-hydrogen) atoms. The number of amides is 1. The maximum absolute atomic E-state index is 12.3. The van der Waals surface area contributed by atoms with Crippen LogP contribution < -0.4 is 14.8 Å². The van der Waals surface area contributed by atoms with Gasteiger partial charge >= 0.3 is 0 Å². The maximum Gasteiger partial charge on any atom is 0.239 e. The van der Waals surface area contributed by atoms with Gasteiger partial charge in [-0.25, -0.2) is 0 Å². The van der Waals surface area contributed by atoms with Crippen LogP contribution in [-0.4, -0.2) is 44.2 Å². The highest BCUT2D eigenvalue weighted by molar-refractivity contribution is 5.81. The number of carbonyl (C=O) groups is 1. The van der Waals surface area contributed by atoms with Gasteiger partial charge in [-0.3, -0.25) is 4.79 Å². The van der Waals surface area contributed by atoms with Gasteiger partial charge in [0.25, 0.3) is 0 Å². The van der Waals surface area contributed by atoms with Crippen molar-refractivity contribution in [3.63, 3.8) is 0 Å². The Labute approximate surface area is 132 Å². The lowest BCUT2D eigenvalue weighted by Crippen LogP contribution is -2.46. The Morgan fingerprint density at radius 3 is 2.68 bits per heavy atom. The standard InChI is InChI=1S/C17H26N2O3/c1-12(2)15(17(20)19(3)4)18-11-13-7-5-8-14-16(13)22-10-6-9-21-14/h5,7-8,12,15,18H,6,9-11H2,1-4H3/t15-/m0/s1. The first-order valence-corrected chi connectivity index (χ1v) is 7.82. The van der Waals surface area contributed by atoms with Gasteiger partial charge in [0.15, 0.2) is 11.5 Å². The molecule has 2 rings (SSSR count). The van der Waals surface area contributed by atoms with E-state index in [1.807, 2.05) is 32.0 Å². The van der Waals surface area contributed by atoms with E-state index in [1.165, 1.54) is 0 Å². The van der Waals surface area contributed by atoms with Crippen molar-refractivity contribution in [2.45, 2.75) is 32.9 Å². The van der Waals surface area contributed by atoms with Crippen LogP contribution in [0.3, 0.4) is 0 Å². The topological polar surface area (TPSA) is 50.8 Å². The molecule has 5 nitrogen and oxygen atoms in total. The van der Waals surface area contributed by atoms with Crippen LogP contribution in [0.4, 0.5) is 0 Å². The normalized spacial score (nSPS) is 15.3. The van der Waals surface area contributed by atoms with Crippen molar-refractivity contribution in [1.82, 2.24) is 10.2 Å². The number of nitrogens with one attached hydrogen (secondary N) is 1. The van der Waals surface area contributed by atoms with Gasteiger partial charge in [0.05, 0.1) is 19.3 Å². The molecule has 0 spiro atoms. The van der Waals surface area contributed by atoms with E-state index < -0.39 is 0 Å². The van der Waals surface area contributed by atoms with E-state index in [9.17, 15) is 4.79 Å². The minimum atomic E-state index is -0.211. The molecule has 1 aliphatic heterocycles. The van der Waals surface area contributed by atoms with E-state index in [2.05, 4.69) is 5.32 Å². The number of hydrogen-bond donors (Lipinski definition) is 1. The fourth-order valence-electron chi connectivity index (χ4n) is 2.50. The van der Waals surface area contributed by atoms with Crippen LogP contribution in [0.2, 0.25) is 0 Å². The molecule has 1 aromatic rings. The minimum Gasteiger partial charge on any atom is -0.490 e. The zero-order valence-electron chi connectivity index (χ0n) is 13.9. The summed E-state index contributed by atoms with van der Waals surface area (Å²) in [5.41, 5.74) is 1.02. The number of ether oxygens (including phenoxy) is 2. The van der Waals surface area contributed by atoms with E-state index in [4.69, 9.17) is 9.47 Å². The van der Waals surface area contributed by atoms with Gasteiger partial charge in [-0.05, 0) is 12.0 Å². The van der Waals surface area contributed by atoms with Crippen LogP contribution in [0, 0.1) is 5.92 Å². The first kappa shape index (κ1) is 16.6. The molecule has 1 atom stereocenters. The molecule has 0 bridgehead atoms.